The molecule has 1 aliphatic rings. The van der Waals surface area contributed by atoms with Gasteiger partial charge in [0.25, 0.3) is 5.91 Å². The van der Waals surface area contributed by atoms with E-state index in [9.17, 15) is 4.79 Å². The Morgan fingerprint density at radius 1 is 1.42 bits per heavy atom. The van der Waals surface area contributed by atoms with Crippen LogP contribution in [-0.2, 0) is 4.74 Å². The number of halogens is 1. The van der Waals surface area contributed by atoms with Crippen LogP contribution in [0.25, 0.3) is 11.0 Å². The zero-order valence-electron chi connectivity index (χ0n) is 10.3. The van der Waals surface area contributed by atoms with Gasteiger partial charge in [-0.1, -0.05) is 15.9 Å². The van der Waals surface area contributed by atoms with Crippen molar-refractivity contribution in [1.82, 2.24) is 5.32 Å². The Morgan fingerprint density at radius 3 is 3.11 bits per heavy atom. The monoisotopic (exact) mass is 323 g/mol. The van der Waals surface area contributed by atoms with E-state index >= 15 is 0 Å². The molecule has 1 atom stereocenters. The first-order valence-electron chi connectivity index (χ1n) is 6.31. The van der Waals surface area contributed by atoms with Gasteiger partial charge in [0.05, 0.1) is 6.10 Å². The first-order chi connectivity index (χ1) is 9.22. The van der Waals surface area contributed by atoms with E-state index in [1.54, 1.807) is 6.07 Å². The summed E-state index contributed by atoms with van der Waals surface area (Å²) in [5, 5.41) is 3.76. The average molecular weight is 324 g/mol. The third kappa shape index (κ3) is 2.82. The molecule has 1 amide bonds. The molecule has 0 bridgehead atoms. The Labute approximate surface area is 119 Å². The Morgan fingerprint density at radius 2 is 2.32 bits per heavy atom. The van der Waals surface area contributed by atoms with Crippen molar-refractivity contribution in [1.29, 1.82) is 0 Å². The molecule has 1 unspecified atom stereocenters. The summed E-state index contributed by atoms with van der Waals surface area (Å²) in [5.74, 6) is 0.147. The van der Waals surface area contributed by atoms with Crippen LogP contribution >= 0.6 is 15.9 Å². The quantitative estimate of drug-likeness (QED) is 0.944. The minimum absolute atomic E-state index is 0.141. The number of furan rings is 1. The predicted molar refractivity (Wildman–Crippen MR) is 75.2 cm³/mol. The van der Waals surface area contributed by atoms with Crippen molar-refractivity contribution >= 4 is 32.8 Å². The summed E-state index contributed by atoms with van der Waals surface area (Å²) >= 11 is 3.40. The zero-order valence-corrected chi connectivity index (χ0v) is 11.9. The van der Waals surface area contributed by atoms with Gasteiger partial charge in [-0.15, -0.1) is 0 Å². The molecule has 1 N–H and O–H groups in total. The van der Waals surface area contributed by atoms with Crippen LogP contribution < -0.4 is 5.32 Å². The Hall–Kier alpha value is -1.33. The van der Waals surface area contributed by atoms with Gasteiger partial charge in [0.15, 0.2) is 5.76 Å². The molecule has 3 rings (SSSR count). The van der Waals surface area contributed by atoms with Crippen molar-refractivity contribution in [2.45, 2.75) is 18.9 Å². The molecule has 5 heteroatoms. The molecule has 0 spiro atoms. The fourth-order valence-electron chi connectivity index (χ4n) is 2.23. The normalized spacial score (nSPS) is 18.9. The topological polar surface area (TPSA) is 51.5 Å². The van der Waals surface area contributed by atoms with Crippen LogP contribution in [-0.4, -0.2) is 25.2 Å². The lowest BCUT2D eigenvalue weighted by Crippen LogP contribution is -2.31. The van der Waals surface area contributed by atoms with Gasteiger partial charge in [0.2, 0.25) is 0 Å². The van der Waals surface area contributed by atoms with Crippen LogP contribution in [0.5, 0.6) is 0 Å². The van der Waals surface area contributed by atoms with Gasteiger partial charge in [-0.2, -0.15) is 0 Å². The highest BCUT2D eigenvalue weighted by Gasteiger charge is 2.18. The smallest absolute Gasteiger partial charge is 0.287 e. The lowest BCUT2D eigenvalue weighted by molar-refractivity contribution is 0.0837. The maximum atomic E-state index is 12.0. The Kier molecular flexibility index (Phi) is 3.57. The predicted octanol–water partition coefficient (Wildman–Crippen LogP) is 3.10. The highest BCUT2D eigenvalue weighted by molar-refractivity contribution is 9.10. The summed E-state index contributed by atoms with van der Waals surface area (Å²) in [6, 6.07) is 7.41. The number of fused-ring (bicyclic) bond motifs is 1. The summed E-state index contributed by atoms with van der Waals surface area (Å²) in [4.78, 5) is 12.0. The fourth-order valence-corrected chi connectivity index (χ4v) is 2.60. The maximum absolute atomic E-state index is 12.0. The first kappa shape index (κ1) is 12.7. The molecule has 0 saturated carbocycles. The number of hydrogen-bond donors (Lipinski definition) is 1. The second kappa shape index (κ2) is 5.35. The van der Waals surface area contributed by atoms with Crippen LogP contribution in [0.2, 0.25) is 0 Å². The second-order valence-electron chi connectivity index (χ2n) is 4.64. The van der Waals surface area contributed by atoms with E-state index in [1.165, 1.54) is 0 Å². The van der Waals surface area contributed by atoms with E-state index in [1.807, 2.05) is 18.2 Å². The molecule has 1 fully saturated rings. The SMILES string of the molecule is O=C(NCC1CCCO1)c1cc2cc(Br)ccc2o1. The van der Waals surface area contributed by atoms with Gasteiger partial charge in [0, 0.05) is 23.0 Å². The molecule has 100 valence electrons. The van der Waals surface area contributed by atoms with Gasteiger partial charge >= 0.3 is 0 Å². The van der Waals surface area contributed by atoms with Crippen LogP contribution in [0.4, 0.5) is 0 Å². The van der Waals surface area contributed by atoms with Gasteiger partial charge in [-0.3, -0.25) is 4.79 Å². The van der Waals surface area contributed by atoms with Crippen LogP contribution in [0, 0.1) is 0 Å². The molecular weight excluding hydrogens is 310 g/mol. The van der Waals surface area contributed by atoms with Crippen molar-refractivity contribution in [3.05, 3.63) is 34.5 Å². The van der Waals surface area contributed by atoms with E-state index in [2.05, 4.69) is 21.2 Å². The molecule has 19 heavy (non-hydrogen) atoms. The maximum Gasteiger partial charge on any atom is 0.287 e. The lowest BCUT2D eigenvalue weighted by atomic mass is 10.2. The van der Waals surface area contributed by atoms with Crippen LogP contribution in [0.1, 0.15) is 23.4 Å². The number of amides is 1. The van der Waals surface area contributed by atoms with Gasteiger partial charge in [-0.05, 0) is 37.1 Å². The van der Waals surface area contributed by atoms with Gasteiger partial charge in [-0.25, -0.2) is 0 Å². The molecule has 2 aromatic rings. The molecule has 1 saturated heterocycles. The molecule has 0 radical (unpaired) electrons. The Bertz CT molecular complexity index is 602. The Balaban J connectivity index is 1.70. The van der Waals surface area contributed by atoms with E-state index < -0.39 is 0 Å². The van der Waals surface area contributed by atoms with Crippen molar-refractivity contribution in [2.75, 3.05) is 13.2 Å². The highest BCUT2D eigenvalue weighted by Crippen LogP contribution is 2.23. The fraction of sp³-hybridized carbons (Fsp3) is 0.357. The van der Waals surface area contributed by atoms with E-state index in [-0.39, 0.29) is 12.0 Å². The molecule has 2 heterocycles. The second-order valence-corrected chi connectivity index (χ2v) is 5.55. The summed E-state index contributed by atoms with van der Waals surface area (Å²) in [6.07, 6.45) is 2.22. The number of rotatable bonds is 3. The van der Waals surface area contributed by atoms with Crippen molar-refractivity contribution < 1.29 is 13.9 Å². The number of ether oxygens (including phenoxy) is 1. The third-order valence-electron chi connectivity index (χ3n) is 3.22. The number of benzene rings is 1. The summed E-state index contributed by atoms with van der Waals surface area (Å²) in [6.45, 7) is 1.33. The van der Waals surface area contributed by atoms with E-state index in [0.717, 1.165) is 29.3 Å². The zero-order chi connectivity index (χ0) is 13.2. The number of carbonyl (C=O) groups excluding carboxylic acids is 1. The van der Waals surface area contributed by atoms with Crippen molar-refractivity contribution in [2.24, 2.45) is 0 Å². The standard InChI is InChI=1S/C14H14BrNO3/c15-10-3-4-12-9(6-10)7-13(19-12)14(17)16-8-11-2-1-5-18-11/h3-4,6-7,11H,1-2,5,8H2,(H,16,17). The molecule has 1 aromatic heterocycles. The molecule has 1 aromatic carbocycles. The lowest BCUT2D eigenvalue weighted by Gasteiger charge is -2.09. The van der Waals surface area contributed by atoms with E-state index in [0.29, 0.717) is 17.9 Å². The number of carbonyl (C=O) groups is 1. The largest absolute Gasteiger partial charge is 0.451 e. The molecule has 0 aliphatic carbocycles. The number of nitrogens with one attached hydrogen (secondary N) is 1. The molecule has 1 aliphatic heterocycles. The highest BCUT2D eigenvalue weighted by atomic mass is 79.9. The summed E-state index contributed by atoms with van der Waals surface area (Å²) in [7, 11) is 0. The third-order valence-corrected chi connectivity index (χ3v) is 3.71. The summed E-state index contributed by atoms with van der Waals surface area (Å²) < 4.78 is 12.0. The van der Waals surface area contributed by atoms with E-state index in [4.69, 9.17) is 9.15 Å². The summed E-state index contributed by atoms with van der Waals surface area (Å²) in [5.41, 5.74) is 0.713. The van der Waals surface area contributed by atoms with Crippen LogP contribution in [0.3, 0.4) is 0 Å². The minimum atomic E-state index is -0.192. The minimum Gasteiger partial charge on any atom is -0.451 e. The first-order valence-corrected chi connectivity index (χ1v) is 7.10. The van der Waals surface area contributed by atoms with Crippen molar-refractivity contribution in [3.63, 3.8) is 0 Å². The number of hydrogen-bond acceptors (Lipinski definition) is 3. The van der Waals surface area contributed by atoms with Crippen molar-refractivity contribution in [3.8, 4) is 0 Å². The van der Waals surface area contributed by atoms with Gasteiger partial charge < -0.3 is 14.5 Å². The van der Waals surface area contributed by atoms with Gasteiger partial charge in [0.1, 0.15) is 5.58 Å². The average Bonchev–Trinajstić information content (AvgIpc) is 3.04. The molecule has 4 nitrogen and oxygen atoms in total. The molecular formula is C14H14BrNO3. The van der Waals surface area contributed by atoms with Crippen LogP contribution in [0.15, 0.2) is 33.2 Å².